The van der Waals surface area contributed by atoms with Crippen molar-refractivity contribution < 1.29 is 9.31 Å². The van der Waals surface area contributed by atoms with Crippen LogP contribution in [0, 0.1) is 21.8 Å². The Balaban J connectivity index is 2.42. The van der Waals surface area contributed by atoms with E-state index in [1.165, 1.54) is 6.07 Å². The first-order valence-electron chi connectivity index (χ1n) is 6.99. The van der Waals surface area contributed by atoms with Crippen molar-refractivity contribution in [2.45, 2.75) is 32.2 Å². The van der Waals surface area contributed by atoms with Crippen LogP contribution in [0.25, 0.3) is 0 Å². The highest BCUT2D eigenvalue weighted by Gasteiger charge is 2.34. The second-order valence-corrected chi connectivity index (χ2v) is 5.14. The van der Waals surface area contributed by atoms with Gasteiger partial charge in [-0.05, 0) is 44.4 Å². The summed E-state index contributed by atoms with van der Waals surface area (Å²) in [4.78, 5) is 12.4. The number of nitrogens with two attached hydrogens (primary N) is 1. The van der Waals surface area contributed by atoms with Gasteiger partial charge in [0.2, 0.25) is 5.82 Å². The number of benzene rings is 1. The number of nitro groups is 1. The molecule has 1 aromatic carbocycles. The highest BCUT2D eigenvalue weighted by atomic mass is 19.1. The van der Waals surface area contributed by atoms with Gasteiger partial charge in [0.25, 0.3) is 0 Å². The Hall–Kier alpha value is -1.69. The molecule has 110 valence electrons. The van der Waals surface area contributed by atoms with E-state index in [4.69, 9.17) is 5.73 Å². The van der Waals surface area contributed by atoms with Gasteiger partial charge in [-0.15, -0.1) is 0 Å². The molecule has 2 rings (SSSR count). The molecule has 1 aliphatic carbocycles. The molecule has 0 amide bonds. The molecule has 2 N–H and O–H groups in total. The molecule has 20 heavy (non-hydrogen) atoms. The average molecular weight is 281 g/mol. The maximum atomic E-state index is 13.8. The summed E-state index contributed by atoms with van der Waals surface area (Å²) in [6.07, 6.45) is 3.04. The van der Waals surface area contributed by atoms with Crippen molar-refractivity contribution in [2.75, 3.05) is 18.0 Å². The van der Waals surface area contributed by atoms with Crippen molar-refractivity contribution in [3.8, 4) is 0 Å². The van der Waals surface area contributed by atoms with Crippen LogP contribution in [0.3, 0.4) is 0 Å². The molecule has 1 aliphatic rings. The summed E-state index contributed by atoms with van der Waals surface area (Å²) >= 11 is 0. The van der Waals surface area contributed by atoms with Crippen molar-refractivity contribution in [1.29, 1.82) is 0 Å². The first kappa shape index (κ1) is 14.7. The lowest BCUT2D eigenvalue weighted by Crippen LogP contribution is -2.40. The summed E-state index contributed by atoms with van der Waals surface area (Å²) in [7, 11) is 0. The Morgan fingerprint density at radius 3 is 2.85 bits per heavy atom. The summed E-state index contributed by atoms with van der Waals surface area (Å²) in [6, 6.07) is 4.43. The molecule has 1 fully saturated rings. The second-order valence-electron chi connectivity index (χ2n) is 5.14. The average Bonchev–Trinajstić information content (AvgIpc) is 2.87. The smallest absolute Gasteiger partial charge is 0.327 e. The van der Waals surface area contributed by atoms with Gasteiger partial charge in [-0.1, -0.05) is 12.5 Å². The zero-order valence-corrected chi connectivity index (χ0v) is 11.6. The number of hydrogen-bond donors (Lipinski definition) is 1. The van der Waals surface area contributed by atoms with E-state index in [9.17, 15) is 14.5 Å². The van der Waals surface area contributed by atoms with E-state index >= 15 is 0 Å². The number of para-hydroxylation sites is 1. The molecule has 1 aromatic rings. The van der Waals surface area contributed by atoms with E-state index in [2.05, 4.69) is 0 Å². The van der Waals surface area contributed by atoms with E-state index in [-0.39, 0.29) is 6.04 Å². The normalized spacial score (nSPS) is 21.9. The molecule has 2 unspecified atom stereocenters. The van der Waals surface area contributed by atoms with Gasteiger partial charge in [0.05, 0.1) is 4.92 Å². The van der Waals surface area contributed by atoms with Gasteiger partial charge in [0, 0.05) is 12.6 Å². The summed E-state index contributed by atoms with van der Waals surface area (Å²) < 4.78 is 13.8. The molecule has 0 radical (unpaired) electrons. The Morgan fingerprint density at radius 1 is 1.50 bits per heavy atom. The third-order valence-corrected chi connectivity index (χ3v) is 4.12. The van der Waals surface area contributed by atoms with Gasteiger partial charge in [-0.3, -0.25) is 10.1 Å². The van der Waals surface area contributed by atoms with Gasteiger partial charge in [-0.25, -0.2) is 0 Å². The first-order chi connectivity index (χ1) is 9.60. The van der Waals surface area contributed by atoms with Crippen LogP contribution in [-0.4, -0.2) is 24.1 Å². The van der Waals surface area contributed by atoms with Gasteiger partial charge in [0.15, 0.2) is 0 Å². The number of nitrogens with zero attached hydrogens (tertiary/aromatic N) is 2. The predicted octanol–water partition coefficient (Wildman–Crippen LogP) is 2.69. The fourth-order valence-electron chi connectivity index (χ4n) is 3.20. The van der Waals surface area contributed by atoms with Gasteiger partial charge in [0.1, 0.15) is 5.69 Å². The van der Waals surface area contributed by atoms with Crippen LogP contribution in [0.4, 0.5) is 15.8 Å². The minimum Gasteiger partial charge on any atom is -0.363 e. The molecule has 0 aliphatic heterocycles. The molecule has 5 nitrogen and oxygen atoms in total. The predicted molar refractivity (Wildman–Crippen MR) is 76.3 cm³/mol. The van der Waals surface area contributed by atoms with Crippen LogP contribution in [-0.2, 0) is 0 Å². The van der Waals surface area contributed by atoms with Crippen LogP contribution < -0.4 is 10.6 Å². The van der Waals surface area contributed by atoms with Crippen molar-refractivity contribution in [1.82, 2.24) is 0 Å². The topological polar surface area (TPSA) is 72.4 Å². The van der Waals surface area contributed by atoms with Crippen LogP contribution >= 0.6 is 0 Å². The summed E-state index contributed by atoms with van der Waals surface area (Å²) in [5, 5.41) is 11.1. The molecular weight excluding hydrogens is 261 g/mol. The Kier molecular flexibility index (Phi) is 4.54. The van der Waals surface area contributed by atoms with Crippen LogP contribution in [0.1, 0.15) is 26.2 Å². The number of anilines is 1. The maximum absolute atomic E-state index is 13.8. The van der Waals surface area contributed by atoms with E-state index in [1.807, 2.05) is 11.8 Å². The van der Waals surface area contributed by atoms with E-state index < -0.39 is 16.4 Å². The summed E-state index contributed by atoms with van der Waals surface area (Å²) in [5.41, 5.74) is 5.72. The van der Waals surface area contributed by atoms with Gasteiger partial charge < -0.3 is 10.6 Å². The van der Waals surface area contributed by atoms with Gasteiger partial charge >= 0.3 is 5.69 Å². The van der Waals surface area contributed by atoms with Crippen molar-refractivity contribution >= 4 is 11.4 Å². The quantitative estimate of drug-likeness (QED) is 0.665. The second kappa shape index (κ2) is 6.17. The zero-order chi connectivity index (χ0) is 14.7. The number of halogens is 1. The molecule has 0 spiro atoms. The van der Waals surface area contributed by atoms with E-state index in [0.717, 1.165) is 25.3 Å². The standard InChI is InChI=1S/C14H20FN3O2/c1-2-17(12-7-3-5-10(12)9-16)13-8-4-6-11(15)14(13)18(19)20/h4,6,8,10,12H,2-3,5,7,9,16H2,1H3. The van der Waals surface area contributed by atoms with Crippen LogP contribution in [0.2, 0.25) is 0 Å². The van der Waals surface area contributed by atoms with E-state index in [0.29, 0.717) is 24.7 Å². The largest absolute Gasteiger partial charge is 0.363 e. The minimum atomic E-state index is -0.784. The fraction of sp³-hybridized carbons (Fsp3) is 0.571. The first-order valence-corrected chi connectivity index (χ1v) is 6.99. The maximum Gasteiger partial charge on any atom is 0.327 e. The Morgan fingerprint density at radius 2 is 2.25 bits per heavy atom. The summed E-state index contributed by atoms with van der Waals surface area (Å²) in [6.45, 7) is 3.09. The summed E-state index contributed by atoms with van der Waals surface area (Å²) in [5.74, 6) is -0.467. The van der Waals surface area contributed by atoms with Crippen molar-refractivity contribution in [3.05, 3.63) is 34.1 Å². The number of rotatable bonds is 5. The molecule has 0 heterocycles. The monoisotopic (exact) mass is 281 g/mol. The Labute approximate surface area is 117 Å². The Bertz CT molecular complexity index is 495. The van der Waals surface area contributed by atoms with Crippen LogP contribution in [0.15, 0.2) is 18.2 Å². The SMILES string of the molecule is CCN(c1cccc(F)c1[N+](=O)[O-])C1CCCC1CN. The zero-order valence-electron chi connectivity index (χ0n) is 11.6. The lowest BCUT2D eigenvalue weighted by molar-refractivity contribution is -0.386. The number of hydrogen-bond acceptors (Lipinski definition) is 4. The molecule has 0 saturated heterocycles. The molecule has 2 atom stereocenters. The third kappa shape index (κ3) is 2.60. The molecule has 6 heteroatoms. The van der Waals surface area contributed by atoms with Gasteiger partial charge in [-0.2, -0.15) is 4.39 Å². The highest BCUT2D eigenvalue weighted by Crippen LogP contribution is 2.37. The third-order valence-electron chi connectivity index (χ3n) is 4.12. The molecular formula is C14H20FN3O2. The molecule has 0 bridgehead atoms. The lowest BCUT2D eigenvalue weighted by Gasteiger charge is -2.33. The fourth-order valence-corrected chi connectivity index (χ4v) is 3.20. The minimum absolute atomic E-state index is 0.158. The van der Waals surface area contributed by atoms with Crippen LogP contribution in [0.5, 0.6) is 0 Å². The highest BCUT2D eigenvalue weighted by molar-refractivity contribution is 5.64. The van der Waals surface area contributed by atoms with E-state index in [1.54, 1.807) is 6.07 Å². The lowest BCUT2D eigenvalue weighted by atomic mass is 10.0. The van der Waals surface area contributed by atoms with Crippen molar-refractivity contribution in [3.63, 3.8) is 0 Å². The number of nitro benzene ring substituents is 1. The molecule has 0 aromatic heterocycles. The molecule has 1 saturated carbocycles. The van der Waals surface area contributed by atoms with Crippen molar-refractivity contribution in [2.24, 2.45) is 11.7 Å².